The number of hydrogen-bond donors (Lipinski definition) is 4. The van der Waals surface area contributed by atoms with Gasteiger partial charge in [0.15, 0.2) is 0 Å². The normalized spacial score (nSPS) is 17.5. The van der Waals surface area contributed by atoms with Crippen LogP contribution in [0.25, 0.3) is 11.3 Å². The number of nitrogens with zero attached hydrogens (tertiary/aromatic N) is 1. The second-order valence-electron chi connectivity index (χ2n) is 6.04. The number of benzene rings is 1. The maximum Gasteiger partial charge on any atom is 0.411 e. The monoisotopic (exact) mass is 363 g/mol. The van der Waals surface area contributed by atoms with Crippen LogP contribution in [0.3, 0.4) is 0 Å². The molecule has 7 nitrogen and oxygen atoms in total. The summed E-state index contributed by atoms with van der Waals surface area (Å²) in [5.74, 6) is 0.697. The van der Waals surface area contributed by atoms with Crippen molar-refractivity contribution < 1.29 is 9.53 Å². The lowest BCUT2D eigenvalue weighted by Crippen LogP contribution is -2.13. The quantitative estimate of drug-likeness (QED) is 0.615. The summed E-state index contributed by atoms with van der Waals surface area (Å²) >= 11 is 6.37. The van der Waals surface area contributed by atoms with E-state index in [1.54, 1.807) is 6.07 Å². The van der Waals surface area contributed by atoms with Crippen molar-refractivity contribution in [3.63, 3.8) is 0 Å². The molecule has 8 heteroatoms. The predicted octanol–water partition coefficient (Wildman–Crippen LogP) is 3.89. The third-order valence-electron chi connectivity index (χ3n) is 4.24. The van der Waals surface area contributed by atoms with E-state index in [9.17, 15) is 4.79 Å². The Morgan fingerprint density at radius 3 is 3.04 bits per heavy atom. The number of amides is 1. The Labute approximate surface area is 151 Å². The van der Waals surface area contributed by atoms with Crippen molar-refractivity contribution >= 4 is 29.1 Å². The van der Waals surface area contributed by atoms with E-state index in [1.165, 1.54) is 7.11 Å². The van der Waals surface area contributed by atoms with Crippen molar-refractivity contribution in [1.82, 2.24) is 9.97 Å². The van der Waals surface area contributed by atoms with Crippen molar-refractivity contribution in [2.24, 2.45) is 5.73 Å². The first kappa shape index (κ1) is 17.6. The summed E-state index contributed by atoms with van der Waals surface area (Å²) < 4.78 is 4.64. The summed E-state index contributed by atoms with van der Waals surface area (Å²) in [6.07, 6.45) is 3.51. The molecule has 1 atom stereocenters. The van der Waals surface area contributed by atoms with Crippen LogP contribution in [-0.2, 0) is 4.74 Å². The molecule has 0 saturated carbocycles. The van der Waals surface area contributed by atoms with Gasteiger partial charge in [0.05, 0.1) is 13.2 Å². The molecule has 1 aliphatic rings. The summed E-state index contributed by atoms with van der Waals surface area (Å²) in [5, 5.41) is 6.54. The molecule has 0 aliphatic carbocycles. The van der Waals surface area contributed by atoms with Crippen LogP contribution in [0.5, 0.6) is 0 Å². The van der Waals surface area contributed by atoms with Crippen LogP contribution in [-0.4, -0.2) is 29.7 Å². The minimum absolute atomic E-state index is 0.151. The van der Waals surface area contributed by atoms with Gasteiger partial charge in [0.2, 0.25) is 0 Å². The molecule has 0 radical (unpaired) electrons. The molecular weight excluding hydrogens is 342 g/mol. The van der Waals surface area contributed by atoms with E-state index in [2.05, 4.69) is 25.3 Å². The Bertz CT molecular complexity index is 761. The number of imidazole rings is 1. The lowest BCUT2D eigenvalue weighted by Gasteiger charge is -2.15. The highest BCUT2D eigenvalue weighted by atomic mass is 35.5. The molecule has 1 aromatic heterocycles. The molecule has 25 heavy (non-hydrogen) atoms. The van der Waals surface area contributed by atoms with Crippen LogP contribution in [0.4, 0.5) is 16.2 Å². The number of anilines is 2. The molecule has 1 aromatic carbocycles. The van der Waals surface area contributed by atoms with Crippen molar-refractivity contribution in [2.45, 2.75) is 31.7 Å². The predicted molar refractivity (Wildman–Crippen MR) is 98.9 cm³/mol. The number of nitrogens with one attached hydrogen (secondary N) is 3. The Morgan fingerprint density at radius 2 is 2.24 bits per heavy atom. The van der Waals surface area contributed by atoms with Crippen molar-refractivity contribution in [3.05, 3.63) is 29.2 Å². The Hall–Kier alpha value is -2.25. The van der Waals surface area contributed by atoms with E-state index in [0.717, 1.165) is 43.5 Å². The van der Waals surface area contributed by atoms with E-state index in [1.807, 2.05) is 12.1 Å². The second kappa shape index (κ2) is 7.76. The number of carbonyl (C=O) groups excluding carboxylic acids is 1. The molecule has 1 amide bonds. The fourth-order valence-electron chi connectivity index (χ4n) is 2.89. The number of carbonyl (C=O) groups is 1. The summed E-state index contributed by atoms with van der Waals surface area (Å²) in [6, 6.07) is 5.36. The molecule has 1 unspecified atom stereocenters. The van der Waals surface area contributed by atoms with Crippen LogP contribution < -0.4 is 16.4 Å². The standard InChI is InChI=1S/C17H22ClN5O2/c1-25-17(24)21-10-6-7-11-13(9-10)20-8-4-2-3-5-12(19)16-22-14(11)15(18)23-16/h6-7,9,12,20H,2-5,8,19H2,1H3,(H,21,24)(H,22,23). The smallest absolute Gasteiger partial charge is 0.411 e. The van der Waals surface area contributed by atoms with Gasteiger partial charge in [0.25, 0.3) is 0 Å². The fraction of sp³-hybridized carbons (Fsp3) is 0.412. The number of fused-ring (bicyclic) bond motifs is 4. The number of nitrogens with two attached hydrogens (primary N) is 1. The van der Waals surface area contributed by atoms with E-state index < -0.39 is 6.09 Å². The van der Waals surface area contributed by atoms with Gasteiger partial charge in [-0.15, -0.1) is 0 Å². The summed E-state index contributed by atoms with van der Waals surface area (Å²) in [7, 11) is 1.33. The second-order valence-corrected chi connectivity index (χ2v) is 6.42. The fourth-order valence-corrected chi connectivity index (χ4v) is 3.13. The van der Waals surface area contributed by atoms with Gasteiger partial charge in [-0.3, -0.25) is 5.32 Å². The van der Waals surface area contributed by atoms with Crippen molar-refractivity contribution in [2.75, 3.05) is 24.3 Å². The number of rotatable bonds is 1. The van der Waals surface area contributed by atoms with Gasteiger partial charge in [0, 0.05) is 23.5 Å². The molecule has 2 heterocycles. The van der Waals surface area contributed by atoms with E-state index in [4.69, 9.17) is 17.3 Å². The Kier molecular flexibility index (Phi) is 5.45. The molecule has 2 aromatic rings. The van der Waals surface area contributed by atoms with Crippen molar-refractivity contribution in [1.29, 1.82) is 0 Å². The Morgan fingerprint density at radius 1 is 1.40 bits per heavy atom. The van der Waals surface area contributed by atoms with E-state index in [0.29, 0.717) is 22.4 Å². The molecule has 0 fully saturated rings. The number of hydrogen-bond acceptors (Lipinski definition) is 5. The number of methoxy groups -OCH3 is 1. The van der Waals surface area contributed by atoms with Crippen LogP contribution >= 0.6 is 11.6 Å². The molecule has 5 N–H and O–H groups in total. The maximum atomic E-state index is 11.4. The van der Waals surface area contributed by atoms with Gasteiger partial charge in [-0.1, -0.05) is 24.4 Å². The number of aromatic nitrogens is 2. The molecule has 0 spiro atoms. The first-order valence-electron chi connectivity index (χ1n) is 8.32. The van der Waals surface area contributed by atoms with Crippen molar-refractivity contribution in [3.8, 4) is 11.3 Å². The topological polar surface area (TPSA) is 105 Å². The van der Waals surface area contributed by atoms with Gasteiger partial charge in [-0.2, -0.15) is 0 Å². The highest BCUT2D eigenvalue weighted by Crippen LogP contribution is 2.35. The SMILES string of the molecule is COC(=O)Nc1ccc2c(c1)NCCCCCC(N)c1nc-2c(Cl)[nH]1. The molecule has 1 aliphatic heterocycles. The first-order valence-corrected chi connectivity index (χ1v) is 8.70. The number of halogens is 1. The molecule has 0 saturated heterocycles. The zero-order valence-electron chi connectivity index (χ0n) is 14.1. The number of H-pyrrole nitrogens is 1. The number of ether oxygens (including phenoxy) is 1. The Balaban J connectivity index is 2.01. The first-order chi connectivity index (χ1) is 12.1. The van der Waals surface area contributed by atoms with Crippen LogP contribution in [0.2, 0.25) is 5.15 Å². The van der Waals surface area contributed by atoms with Crippen LogP contribution in [0, 0.1) is 0 Å². The molecule has 2 bridgehead atoms. The average Bonchev–Trinajstić information content (AvgIpc) is 2.99. The molecule has 134 valence electrons. The van der Waals surface area contributed by atoms with Gasteiger partial charge < -0.3 is 20.8 Å². The van der Waals surface area contributed by atoms with Gasteiger partial charge in [0.1, 0.15) is 16.7 Å². The van der Waals surface area contributed by atoms with Crippen LogP contribution in [0.1, 0.15) is 37.5 Å². The van der Waals surface area contributed by atoms with Gasteiger partial charge >= 0.3 is 6.09 Å². The highest BCUT2D eigenvalue weighted by Gasteiger charge is 2.19. The highest BCUT2D eigenvalue weighted by molar-refractivity contribution is 6.32. The maximum absolute atomic E-state index is 11.4. The minimum atomic E-state index is -0.515. The van der Waals surface area contributed by atoms with Gasteiger partial charge in [-0.05, 0) is 31.0 Å². The largest absolute Gasteiger partial charge is 0.453 e. The minimum Gasteiger partial charge on any atom is -0.453 e. The summed E-state index contributed by atoms with van der Waals surface area (Å²) in [5.41, 5.74) is 9.21. The van der Waals surface area contributed by atoms with Crippen LogP contribution in [0.15, 0.2) is 18.2 Å². The third-order valence-corrected chi connectivity index (χ3v) is 4.52. The summed E-state index contributed by atoms with van der Waals surface area (Å²) in [6.45, 7) is 0.818. The third kappa shape index (κ3) is 4.05. The lowest BCUT2D eigenvalue weighted by atomic mass is 10.1. The lowest BCUT2D eigenvalue weighted by molar-refractivity contribution is 0.187. The zero-order valence-corrected chi connectivity index (χ0v) is 14.8. The molecule has 3 rings (SSSR count). The van der Waals surface area contributed by atoms with E-state index >= 15 is 0 Å². The number of aromatic amines is 1. The van der Waals surface area contributed by atoms with Gasteiger partial charge in [-0.25, -0.2) is 9.78 Å². The zero-order chi connectivity index (χ0) is 17.8. The summed E-state index contributed by atoms with van der Waals surface area (Å²) in [4.78, 5) is 19.1. The van der Waals surface area contributed by atoms with E-state index in [-0.39, 0.29) is 6.04 Å². The average molecular weight is 364 g/mol. The molecular formula is C17H22ClN5O2.